The Morgan fingerprint density at radius 2 is 2.16 bits per heavy atom. The van der Waals surface area contributed by atoms with Crippen molar-refractivity contribution in [3.63, 3.8) is 0 Å². The minimum Gasteiger partial charge on any atom is -0.357 e. The molecule has 0 saturated carbocycles. The monoisotopic (exact) mass is 277 g/mol. The Morgan fingerprint density at radius 3 is 2.84 bits per heavy atom. The maximum atomic E-state index is 5.78. The van der Waals surface area contributed by atoms with E-state index < -0.39 is 8.80 Å². The largest absolute Gasteiger partial charge is 0.357 e. The van der Waals surface area contributed by atoms with Crippen molar-refractivity contribution in [1.82, 2.24) is 4.90 Å². The van der Waals surface area contributed by atoms with Gasteiger partial charge in [0.05, 0.1) is 0 Å². The Balaban J connectivity index is 2.31. The molecule has 2 heterocycles. The standard InChI is InChI=1S/C15H23NO2Si/c1-4-11-16-12-7-5-6-9-14(16)19-13-8-10-15(19,17-2)18-3/h4-7,9,12,19H,1,8,10-11,13H2,2-3H3. The van der Waals surface area contributed by atoms with Gasteiger partial charge in [0.25, 0.3) is 0 Å². The molecular weight excluding hydrogens is 254 g/mol. The third kappa shape index (κ3) is 2.75. The normalized spacial score (nSPS) is 25.3. The molecular formula is C15H23NO2Si. The summed E-state index contributed by atoms with van der Waals surface area (Å²) in [6, 6.07) is 1.23. The summed E-state index contributed by atoms with van der Waals surface area (Å²) in [5, 5.41) is 1.38. The van der Waals surface area contributed by atoms with Crippen molar-refractivity contribution in [1.29, 1.82) is 0 Å². The summed E-state index contributed by atoms with van der Waals surface area (Å²) >= 11 is 0. The lowest BCUT2D eigenvalue weighted by Crippen LogP contribution is -2.49. The fourth-order valence-electron chi connectivity index (χ4n) is 3.07. The summed E-state index contributed by atoms with van der Waals surface area (Å²) in [6.45, 7) is 4.68. The highest BCUT2D eigenvalue weighted by atomic mass is 28.3. The zero-order valence-electron chi connectivity index (χ0n) is 11.8. The molecule has 0 aromatic carbocycles. The summed E-state index contributed by atoms with van der Waals surface area (Å²) in [7, 11) is 2.21. The van der Waals surface area contributed by atoms with Gasteiger partial charge in [-0.2, -0.15) is 0 Å². The molecule has 104 valence electrons. The summed E-state index contributed by atoms with van der Waals surface area (Å²) < 4.78 is 11.6. The molecule has 0 N–H and O–H groups in total. The van der Waals surface area contributed by atoms with Crippen LogP contribution in [0.5, 0.6) is 0 Å². The molecule has 2 rings (SSSR count). The fourth-order valence-corrected chi connectivity index (χ4v) is 6.92. The summed E-state index contributed by atoms with van der Waals surface area (Å²) in [5.74, 6) is 0. The zero-order valence-corrected chi connectivity index (χ0v) is 13.0. The predicted octanol–water partition coefficient (Wildman–Crippen LogP) is 2.53. The van der Waals surface area contributed by atoms with Gasteiger partial charge in [-0.05, 0) is 24.6 Å². The van der Waals surface area contributed by atoms with Crippen LogP contribution in [0.1, 0.15) is 12.8 Å². The molecule has 0 amide bonds. The maximum absolute atomic E-state index is 5.78. The molecule has 2 aliphatic rings. The molecule has 0 aliphatic carbocycles. The van der Waals surface area contributed by atoms with E-state index in [0.717, 1.165) is 13.0 Å². The number of rotatable bonds is 5. The van der Waals surface area contributed by atoms with Gasteiger partial charge in [-0.1, -0.05) is 24.6 Å². The average Bonchev–Trinajstić information content (AvgIpc) is 2.73. The molecule has 1 saturated heterocycles. The summed E-state index contributed by atoms with van der Waals surface area (Å²) in [6.07, 6.45) is 14.7. The Morgan fingerprint density at radius 1 is 1.37 bits per heavy atom. The molecule has 4 heteroatoms. The SMILES string of the molecule is C=CCN1C=CC=CC=C1[SiH]1CCCC1(OC)OC. The number of methoxy groups -OCH3 is 2. The molecule has 19 heavy (non-hydrogen) atoms. The van der Waals surface area contributed by atoms with E-state index in [4.69, 9.17) is 9.47 Å². The number of nitrogens with zero attached hydrogens (tertiary/aromatic N) is 1. The number of allylic oxidation sites excluding steroid dienone is 4. The molecule has 0 aromatic rings. The van der Waals surface area contributed by atoms with E-state index in [0.29, 0.717) is 0 Å². The van der Waals surface area contributed by atoms with E-state index >= 15 is 0 Å². The molecule has 2 aliphatic heterocycles. The second-order valence-corrected chi connectivity index (χ2v) is 8.08. The molecule has 0 radical (unpaired) electrons. The lowest BCUT2D eigenvalue weighted by molar-refractivity contribution is -0.145. The lowest BCUT2D eigenvalue weighted by atomic mass is 10.3. The first-order chi connectivity index (χ1) is 9.27. The maximum Gasteiger partial charge on any atom is 0.162 e. The van der Waals surface area contributed by atoms with Crippen LogP contribution in [-0.4, -0.2) is 39.9 Å². The van der Waals surface area contributed by atoms with E-state index in [1.54, 1.807) is 14.2 Å². The summed E-state index contributed by atoms with van der Waals surface area (Å²) in [5.41, 5.74) is -0.350. The van der Waals surface area contributed by atoms with Crippen molar-refractivity contribution in [3.8, 4) is 0 Å². The van der Waals surface area contributed by atoms with E-state index in [1.807, 2.05) is 6.08 Å². The van der Waals surface area contributed by atoms with Crippen molar-refractivity contribution in [2.45, 2.75) is 24.3 Å². The zero-order chi connectivity index (χ0) is 13.7. The van der Waals surface area contributed by atoms with Crippen molar-refractivity contribution in [3.05, 3.63) is 48.5 Å². The van der Waals surface area contributed by atoms with Gasteiger partial charge in [0.1, 0.15) is 0 Å². The van der Waals surface area contributed by atoms with E-state index in [1.165, 1.54) is 17.8 Å². The van der Waals surface area contributed by atoms with Crippen molar-refractivity contribution >= 4 is 8.80 Å². The van der Waals surface area contributed by atoms with Gasteiger partial charge in [0.2, 0.25) is 0 Å². The minimum atomic E-state index is -1.34. The highest BCUT2D eigenvalue weighted by Gasteiger charge is 2.47. The Kier molecular flexibility index (Phi) is 4.80. The third-order valence-corrected chi connectivity index (χ3v) is 8.06. The van der Waals surface area contributed by atoms with E-state index in [9.17, 15) is 0 Å². The Labute approximate surface area is 117 Å². The highest BCUT2D eigenvalue weighted by Crippen LogP contribution is 2.38. The molecule has 0 aromatic heterocycles. The second-order valence-electron chi connectivity index (χ2n) is 4.92. The van der Waals surface area contributed by atoms with Gasteiger partial charge >= 0.3 is 0 Å². The quantitative estimate of drug-likeness (QED) is 0.438. The first-order valence-corrected chi connectivity index (χ1v) is 8.77. The van der Waals surface area contributed by atoms with Crippen LogP contribution in [0, 0.1) is 0 Å². The van der Waals surface area contributed by atoms with Gasteiger partial charge in [-0.15, -0.1) is 6.58 Å². The van der Waals surface area contributed by atoms with Gasteiger partial charge < -0.3 is 14.4 Å². The highest BCUT2D eigenvalue weighted by molar-refractivity contribution is 6.69. The molecule has 3 nitrogen and oxygen atoms in total. The first kappa shape index (κ1) is 14.3. The van der Waals surface area contributed by atoms with Crippen LogP contribution in [0.25, 0.3) is 0 Å². The molecule has 1 atom stereocenters. The van der Waals surface area contributed by atoms with Gasteiger partial charge in [0, 0.05) is 32.3 Å². The Hall–Kier alpha value is -1.10. The van der Waals surface area contributed by atoms with Crippen LogP contribution >= 0.6 is 0 Å². The number of hydrogen-bond donors (Lipinski definition) is 0. The lowest BCUT2D eigenvalue weighted by Gasteiger charge is -2.36. The second kappa shape index (κ2) is 6.37. The van der Waals surface area contributed by atoms with Gasteiger partial charge in [-0.3, -0.25) is 0 Å². The fraction of sp³-hybridized carbons (Fsp3) is 0.467. The average molecular weight is 277 g/mol. The predicted molar refractivity (Wildman–Crippen MR) is 81.2 cm³/mol. The van der Waals surface area contributed by atoms with Crippen LogP contribution in [0.4, 0.5) is 0 Å². The third-order valence-electron chi connectivity index (χ3n) is 4.01. The summed E-state index contributed by atoms with van der Waals surface area (Å²) in [4.78, 5) is 2.28. The van der Waals surface area contributed by atoms with Crippen molar-refractivity contribution < 1.29 is 9.47 Å². The Bertz CT molecular complexity index is 410. The van der Waals surface area contributed by atoms with E-state index in [-0.39, 0.29) is 5.41 Å². The van der Waals surface area contributed by atoms with Crippen LogP contribution in [-0.2, 0) is 9.47 Å². The number of ether oxygens (including phenoxy) is 2. The van der Waals surface area contributed by atoms with Crippen molar-refractivity contribution in [2.24, 2.45) is 0 Å². The first-order valence-electron chi connectivity index (χ1n) is 6.80. The van der Waals surface area contributed by atoms with Crippen molar-refractivity contribution in [2.75, 3.05) is 20.8 Å². The molecule has 1 fully saturated rings. The smallest absolute Gasteiger partial charge is 0.162 e. The molecule has 1 unspecified atom stereocenters. The molecule has 0 bridgehead atoms. The molecule has 0 spiro atoms. The minimum absolute atomic E-state index is 0.350. The van der Waals surface area contributed by atoms with Crippen LogP contribution in [0.2, 0.25) is 6.04 Å². The number of hydrogen-bond acceptors (Lipinski definition) is 3. The van der Waals surface area contributed by atoms with Gasteiger partial charge in [0.15, 0.2) is 14.2 Å². The van der Waals surface area contributed by atoms with Gasteiger partial charge in [-0.25, -0.2) is 0 Å². The van der Waals surface area contributed by atoms with E-state index in [2.05, 4.69) is 42.0 Å². The van der Waals surface area contributed by atoms with Crippen LogP contribution in [0.3, 0.4) is 0 Å². The van der Waals surface area contributed by atoms with Crippen LogP contribution < -0.4 is 0 Å². The van der Waals surface area contributed by atoms with Crippen LogP contribution in [0.15, 0.2) is 48.5 Å². The topological polar surface area (TPSA) is 21.7 Å².